The number of hydrogen-bond donors (Lipinski definition) is 2. The number of benzene rings is 1. The van der Waals surface area contributed by atoms with Crippen LogP contribution in [-0.2, 0) is 19.5 Å². The van der Waals surface area contributed by atoms with Crippen LogP contribution in [0.15, 0.2) is 46.6 Å². The molecule has 0 fully saturated rings. The zero-order chi connectivity index (χ0) is 16.5. The first kappa shape index (κ1) is 15.5. The van der Waals surface area contributed by atoms with E-state index in [1.807, 2.05) is 6.07 Å². The van der Waals surface area contributed by atoms with Crippen LogP contribution < -0.4 is 5.56 Å². The average Bonchev–Trinajstić information content (AvgIpc) is 3.05. The van der Waals surface area contributed by atoms with E-state index in [9.17, 15) is 4.79 Å². The number of fused-ring (bicyclic) bond motifs is 1. The number of aromatic nitrogens is 2. The van der Waals surface area contributed by atoms with E-state index in [4.69, 9.17) is 12.2 Å². The van der Waals surface area contributed by atoms with E-state index < -0.39 is 0 Å². The Morgan fingerprint density at radius 1 is 1.17 bits per heavy atom. The van der Waals surface area contributed by atoms with Gasteiger partial charge in [-0.25, -0.2) is 0 Å². The number of rotatable bonds is 3. The van der Waals surface area contributed by atoms with Crippen molar-refractivity contribution < 1.29 is 0 Å². The van der Waals surface area contributed by atoms with Gasteiger partial charge in [0, 0.05) is 36.6 Å². The zero-order valence-electron chi connectivity index (χ0n) is 13.0. The fourth-order valence-corrected chi connectivity index (χ4v) is 4.26. The number of nitrogens with zero attached hydrogens (tertiary/aromatic N) is 1. The number of H-pyrrole nitrogens is 2. The molecule has 4 rings (SSSR count). The van der Waals surface area contributed by atoms with Crippen molar-refractivity contribution in [2.24, 2.45) is 0 Å². The fraction of sp³-hybridized carbons (Fsp3) is 0.222. The maximum atomic E-state index is 12.1. The Morgan fingerprint density at radius 3 is 2.83 bits per heavy atom. The summed E-state index contributed by atoms with van der Waals surface area (Å²) in [5, 5.41) is 2.20. The van der Waals surface area contributed by atoms with Gasteiger partial charge in [0.25, 0.3) is 5.56 Å². The van der Waals surface area contributed by atoms with Crippen LogP contribution in [0.25, 0.3) is 11.1 Å². The molecular weight excluding hydrogens is 338 g/mol. The molecule has 4 nitrogen and oxygen atoms in total. The second-order valence-electron chi connectivity index (χ2n) is 5.99. The topological polar surface area (TPSA) is 51.9 Å². The summed E-state index contributed by atoms with van der Waals surface area (Å²) >= 11 is 6.82. The molecule has 122 valence electrons. The van der Waals surface area contributed by atoms with Crippen LogP contribution in [-0.4, -0.2) is 21.4 Å². The van der Waals surface area contributed by atoms with E-state index in [2.05, 4.69) is 50.6 Å². The molecule has 1 aromatic carbocycles. The van der Waals surface area contributed by atoms with E-state index in [0.29, 0.717) is 11.3 Å². The van der Waals surface area contributed by atoms with Gasteiger partial charge in [0.1, 0.15) is 0 Å². The van der Waals surface area contributed by atoms with E-state index in [0.717, 1.165) is 30.8 Å². The molecule has 0 aliphatic carbocycles. The number of thiophene rings is 1. The average molecular weight is 355 g/mol. The summed E-state index contributed by atoms with van der Waals surface area (Å²) in [6.45, 7) is 2.46. The highest BCUT2D eigenvalue weighted by Gasteiger charge is 2.20. The van der Waals surface area contributed by atoms with Crippen molar-refractivity contribution >= 4 is 23.6 Å². The van der Waals surface area contributed by atoms with Gasteiger partial charge in [0.2, 0.25) is 0 Å². The summed E-state index contributed by atoms with van der Waals surface area (Å²) < 4.78 is 0.415. The molecule has 6 heteroatoms. The molecule has 0 spiro atoms. The molecule has 0 bridgehead atoms. The predicted octanol–water partition coefficient (Wildman–Crippen LogP) is 3.72. The molecule has 2 N–H and O–H groups in total. The van der Waals surface area contributed by atoms with Gasteiger partial charge in [-0.2, -0.15) is 0 Å². The van der Waals surface area contributed by atoms with Gasteiger partial charge in [0.15, 0.2) is 4.77 Å². The fourth-order valence-electron chi connectivity index (χ4n) is 3.11. The van der Waals surface area contributed by atoms with E-state index in [1.54, 1.807) is 11.3 Å². The zero-order valence-corrected chi connectivity index (χ0v) is 14.7. The molecule has 0 saturated heterocycles. The van der Waals surface area contributed by atoms with Gasteiger partial charge in [-0.05, 0) is 34.8 Å². The lowest BCUT2D eigenvalue weighted by molar-refractivity contribution is 0.243. The molecule has 0 amide bonds. The van der Waals surface area contributed by atoms with Gasteiger partial charge in [0.05, 0.1) is 5.56 Å². The lowest BCUT2D eigenvalue weighted by Gasteiger charge is -2.27. The molecule has 0 radical (unpaired) electrons. The van der Waals surface area contributed by atoms with Crippen molar-refractivity contribution in [1.29, 1.82) is 0 Å². The van der Waals surface area contributed by atoms with Crippen LogP contribution in [0.2, 0.25) is 0 Å². The van der Waals surface area contributed by atoms with Crippen molar-refractivity contribution in [2.75, 3.05) is 6.54 Å². The first-order valence-corrected chi connectivity index (χ1v) is 9.17. The van der Waals surface area contributed by atoms with Crippen LogP contribution in [0.3, 0.4) is 0 Å². The summed E-state index contributed by atoms with van der Waals surface area (Å²) in [4.78, 5) is 21.5. The van der Waals surface area contributed by atoms with Crippen molar-refractivity contribution in [3.8, 4) is 11.1 Å². The van der Waals surface area contributed by atoms with Crippen LogP contribution in [0.4, 0.5) is 0 Å². The van der Waals surface area contributed by atoms with Gasteiger partial charge in [-0.15, -0.1) is 11.3 Å². The summed E-state index contributed by atoms with van der Waals surface area (Å²) in [5.74, 6) is 0. The molecule has 0 unspecified atom stereocenters. The molecule has 24 heavy (non-hydrogen) atoms. The van der Waals surface area contributed by atoms with Gasteiger partial charge < -0.3 is 4.98 Å². The van der Waals surface area contributed by atoms with E-state index in [1.165, 1.54) is 16.0 Å². The molecule has 1 aliphatic heterocycles. The first-order chi connectivity index (χ1) is 11.7. The Bertz CT molecular complexity index is 972. The summed E-state index contributed by atoms with van der Waals surface area (Å²) in [6.07, 6.45) is 0.833. The van der Waals surface area contributed by atoms with Gasteiger partial charge in [-0.1, -0.05) is 30.3 Å². The van der Waals surface area contributed by atoms with E-state index in [-0.39, 0.29) is 5.56 Å². The lowest BCUT2D eigenvalue weighted by atomic mass is 10.1. The van der Waals surface area contributed by atoms with Crippen LogP contribution in [0.1, 0.15) is 16.1 Å². The molecule has 1 aliphatic rings. The minimum atomic E-state index is -0.0606. The normalized spacial score (nSPS) is 14.5. The van der Waals surface area contributed by atoms with Crippen LogP contribution in [0.5, 0.6) is 0 Å². The summed E-state index contributed by atoms with van der Waals surface area (Å²) in [7, 11) is 0. The number of hydrogen-bond acceptors (Lipinski definition) is 4. The molecule has 2 aromatic heterocycles. The third-order valence-corrected chi connectivity index (χ3v) is 5.46. The quantitative estimate of drug-likeness (QED) is 0.704. The summed E-state index contributed by atoms with van der Waals surface area (Å²) in [6, 6.07) is 12.7. The van der Waals surface area contributed by atoms with Crippen molar-refractivity contribution in [3.05, 3.63) is 73.0 Å². The Labute approximate surface area is 148 Å². The Kier molecular flexibility index (Phi) is 4.18. The van der Waals surface area contributed by atoms with Crippen molar-refractivity contribution in [1.82, 2.24) is 14.9 Å². The molecule has 0 atom stereocenters. The highest BCUT2D eigenvalue weighted by molar-refractivity contribution is 7.71. The third kappa shape index (κ3) is 3.13. The second-order valence-corrected chi connectivity index (χ2v) is 7.40. The number of aromatic amines is 2. The van der Waals surface area contributed by atoms with Crippen LogP contribution in [0, 0.1) is 4.77 Å². The molecule has 3 heterocycles. The largest absolute Gasteiger partial charge is 0.335 e. The second kappa shape index (κ2) is 6.47. The summed E-state index contributed by atoms with van der Waals surface area (Å²) in [5.41, 5.74) is 4.24. The van der Waals surface area contributed by atoms with Crippen molar-refractivity contribution in [2.45, 2.75) is 19.5 Å². The highest BCUT2D eigenvalue weighted by atomic mass is 32.1. The van der Waals surface area contributed by atoms with Crippen LogP contribution >= 0.6 is 23.6 Å². The Morgan fingerprint density at radius 2 is 2.00 bits per heavy atom. The molecule has 3 aromatic rings. The van der Waals surface area contributed by atoms with Crippen molar-refractivity contribution in [3.63, 3.8) is 0 Å². The Hall–Kier alpha value is -2.02. The SMILES string of the molecule is O=c1[nH]c(=S)[nH]c2c1CN(Cc1cc(-c3ccccc3)cs1)CC2. The predicted molar refractivity (Wildman–Crippen MR) is 99.8 cm³/mol. The maximum absolute atomic E-state index is 12.1. The highest BCUT2D eigenvalue weighted by Crippen LogP contribution is 2.27. The standard InChI is InChI=1S/C18H17N3OS2/c22-17-15-10-21(7-6-16(15)19-18(23)20-17)9-14-8-13(11-24-14)12-4-2-1-3-5-12/h1-5,8,11H,6-7,9-10H2,(H2,19,20,22,23). The van der Waals surface area contributed by atoms with E-state index >= 15 is 0 Å². The van der Waals surface area contributed by atoms with Gasteiger partial charge in [-0.3, -0.25) is 14.7 Å². The maximum Gasteiger partial charge on any atom is 0.256 e. The first-order valence-electron chi connectivity index (χ1n) is 7.88. The Balaban J connectivity index is 1.52. The minimum absolute atomic E-state index is 0.0606. The number of nitrogens with one attached hydrogen (secondary N) is 2. The lowest BCUT2D eigenvalue weighted by Crippen LogP contribution is -2.35. The molecule has 0 saturated carbocycles. The molecular formula is C18H17N3OS2. The monoisotopic (exact) mass is 355 g/mol. The minimum Gasteiger partial charge on any atom is -0.335 e. The smallest absolute Gasteiger partial charge is 0.256 e. The van der Waals surface area contributed by atoms with Gasteiger partial charge >= 0.3 is 0 Å². The third-order valence-electron chi connectivity index (χ3n) is 4.33.